The van der Waals surface area contributed by atoms with Crippen LogP contribution in [0.3, 0.4) is 0 Å². The van der Waals surface area contributed by atoms with E-state index in [1.165, 1.54) is 47.8 Å². The standard InChI is InChI=1S/C17H24N2/c1-17(2,9-10-18)12-7-8-16-14(11-12)13-5-3-4-6-15(13)19-16/h7-8,11,19H,3-6,9-10,18H2,1-2H3. The van der Waals surface area contributed by atoms with E-state index in [0.29, 0.717) is 0 Å². The van der Waals surface area contributed by atoms with Crippen molar-refractivity contribution in [2.24, 2.45) is 5.73 Å². The maximum absolute atomic E-state index is 5.75. The number of fused-ring (bicyclic) bond motifs is 3. The fraction of sp³-hybridized carbons (Fsp3) is 0.529. The number of aromatic nitrogens is 1. The van der Waals surface area contributed by atoms with Gasteiger partial charge in [0, 0.05) is 16.6 Å². The van der Waals surface area contributed by atoms with E-state index in [0.717, 1.165) is 13.0 Å². The van der Waals surface area contributed by atoms with Gasteiger partial charge in [0.1, 0.15) is 0 Å². The van der Waals surface area contributed by atoms with E-state index in [4.69, 9.17) is 5.73 Å². The lowest BCUT2D eigenvalue weighted by Gasteiger charge is -2.24. The summed E-state index contributed by atoms with van der Waals surface area (Å²) in [5.41, 5.74) is 11.7. The highest BCUT2D eigenvalue weighted by Crippen LogP contribution is 2.33. The minimum atomic E-state index is 0.168. The maximum Gasteiger partial charge on any atom is 0.0459 e. The minimum absolute atomic E-state index is 0.168. The number of hydrogen-bond donors (Lipinski definition) is 2. The van der Waals surface area contributed by atoms with Gasteiger partial charge in [0.15, 0.2) is 0 Å². The summed E-state index contributed by atoms with van der Waals surface area (Å²) in [5.74, 6) is 0. The van der Waals surface area contributed by atoms with Crippen LogP contribution in [-0.2, 0) is 18.3 Å². The number of nitrogens with two attached hydrogens (primary N) is 1. The molecule has 0 spiro atoms. The minimum Gasteiger partial charge on any atom is -0.358 e. The molecule has 1 aromatic carbocycles. The van der Waals surface area contributed by atoms with E-state index in [2.05, 4.69) is 37.0 Å². The van der Waals surface area contributed by atoms with Gasteiger partial charge in [0.2, 0.25) is 0 Å². The smallest absolute Gasteiger partial charge is 0.0459 e. The molecule has 0 atom stereocenters. The highest BCUT2D eigenvalue weighted by Gasteiger charge is 2.22. The molecule has 0 bridgehead atoms. The first-order valence-electron chi connectivity index (χ1n) is 7.46. The van der Waals surface area contributed by atoms with Crippen LogP contribution in [0.4, 0.5) is 0 Å². The normalized spacial score (nSPS) is 15.7. The van der Waals surface area contributed by atoms with Gasteiger partial charge in [0.25, 0.3) is 0 Å². The van der Waals surface area contributed by atoms with Gasteiger partial charge in [-0.05, 0) is 67.3 Å². The molecular formula is C17H24N2. The zero-order valence-electron chi connectivity index (χ0n) is 12.1. The quantitative estimate of drug-likeness (QED) is 0.864. The first-order valence-corrected chi connectivity index (χ1v) is 7.46. The van der Waals surface area contributed by atoms with Gasteiger partial charge in [0.05, 0.1) is 0 Å². The molecular weight excluding hydrogens is 232 g/mol. The number of benzene rings is 1. The predicted octanol–water partition coefficient (Wildman–Crippen LogP) is 3.67. The average molecular weight is 256 g/mol. The summed E-state index contributed by atoms with van der Waals surface area (Å²) in [7, 11) is 0. The Hall–Kier alpha value is -1.28. The number of nitrogens with one attached hydrogen (secondary N) is 1. The molecule has 0 aliphatic heterocycles. The van der Waals surface area contributed by atoms with Crippen molar-refractivity contribution in [3.63, 3.8) is 0 Å². The van der Waals surface area contributed by atoms with Crippen molar-refractivity contribution in [2.45, 2.75) is 51.4 Å². The third kappa shape index (κ3) is 2.18. The summed E-state index contributed by atoms with van der Waals surface area (Å²) < 4.78 is 0. The lowest BCUT2D eigenvalue weighted by atomic mass is 9.81. The van der Waals surface area contributed by atoms with Crippen LogP contribution in [0, 0.1) is 0 Å². The fourth-order valence-electron chi connectivity index (χ4n) is 3.33. The van der Waals surface area contributed by atoms with Crippen LogP contribution >= 0.6 is 0 Å². The Bertz CT molecular complexity index is 593. The lowest BCUT2D eigenvalue weighted by Crippen LogP contribution is -2.21. The molecule has 0 radical (unpaired) electrons. The van der Waals surface area contributed by atoms with E-state index in [-0.39, 0.29) is 5.41 Å². The summed E-state index contributed by atoms with van der Waals surface area (Å²) in [5, 5.41) is 1.44. The second kappa shape index (κ2) is 4.68. The van der Waals surface area contributed by atoms with Gasteiger partial charge in [-0.3, -0.25) is 0 Å². The van der Waals surface area contributed by atoms with Crippen LogP contribution in [0.1, 0.15) is 49.9 Å². The van der Waals surface area contributed by atoms with Crippen LogP contribution in [0.15, 0.2) is 18.2 Å². The Balaban J connectivity index is 2.09. The first kappa shape index (κ1) is 12.7. The molecule has 1 aliphatic carbocycles. The number of aromatic amines is 1. The zero-order valence-corrected chi connectivity index (χ0v) is 12.1. The molecule has 0 saturated carbocycles. The topological polar surface area (TPSA) is 41.8 Å². The number of rotatable bonds is 3. The predicted molar refractivity (Wildman–Crippen MR) is 81.6 cm³/mol. The molecule has 3 N–H and O–H groups in total. The summed E-state index contributed by atoms with van der Waals surface area (Å²) in [4.78, 5) is 3.60. The SMILES string of the molecule is CC(C)(CCN)c1ccc2[nH]c3c(c2c1)CCCC3. The molecule has 0 fully saturated rings. The molecule has 3 rings (SSSR count). The number of aryl methyl sites for hydroxylation is 2. The lowest BCUT2D eigenvalue weighted by molar-refractivity contribution is 0.488. The Kier molecular flexibility index (Phi) is 3.14. The first-order chi connectivity index (χ1) is 9.12. The number of H-pyrrole nitrogens is 1. The Morgan fingerprint density at radius 2 is 2.00 bits per heavy atom. The van der Waals surface area contributed by atoms with Crippen molar-refractivity contribution in [3.05, 3.63) is 35.0 Å². The molecule has 0 unspecified atom stereocenters. The van der Waals surface area contributed by atoms with Crippen molar-refractivity contribution < 1.29 is 0 Å². The van der Waals surface area contributed by atoms with Crippen LogP contribution in [-0.4, -0.2) is 11.5 Å². The van der Waals surface area contributed by atoms with E-state index in [9.17, 15) is 0 Å². The van der Waals surface area contributed by atoms with Crippen molar-refractivity contribution in [3.8, 4) is 0 Å². The van der Waals surface area contributed by atoms with Crippen molar-refractivity contribution in [2.75, 3.05) is 6.54 Å². The molecule has 2 aromatic rings. The van der Waals surface area contributed by atoms with Crippen molar-refractivity contribution in [1.29, 1.82) is 0 Å². The highest BCUT2D eigenvalue weighted by molar-refractivity contribution is 5.85. The van der Waals surface area contributed by atoms with Gasteiger partial charge in [-0.2, -0.15) is 0 Å². The van der Waals surface area contributed by atoms with E-state index < -0.39 is 0 Å². The fourth-order valence-corrected chi connectivity index (χ4v) is 3.33. The summed E-state index contributed by atoms with van der Waals surface area (Å²) in [6.45, 7) is 5.33. The molecule has 1 heterocycles. The average Bonchev–Trinajstić information content (AvgIpc) is 2.76. The van der Waals surface area contributed by atoms with E-state index in [1.807, 2.05) is 0 Å². The highest BCUT2D eigenvalue weighted by atomic mass is 14.7. The second-order valence-electron chi connectivity index (χ2n) is 6.47. The van der Waals surface area contributed by atoms with Crippen molar-refractivity contribution in [1.82, 2.24) is 4.98 Å². The third-order valence-electron chi connectivity index (χ3n) is 4.65. The molecule has 2 nitrogen and oxygen atoms in total. The third-order valence-corrected chi connectivity index (χ3v) is 4.65. The monoisotopic (exact) mass is 256 g/mol. The zero-order chi connectivity index (χ0) is 13.5. The molecule has 102 valence electrons. The molecule has 0 saturated heterocycles. The Morgan fingerprint density at radius 3 is 2.79 bits per heavy atom. The molecule has 1 aromatic heterocycles. The molecule has 0 amide bonds. The van der Waals surface area contributed by atoms with Gasteiger partial charge in [-0.15, -0.1) is 0 Å². The molecule has 2 heteroatoms. The van der Waals surface area contributed by atoms with Gasteiger partial charge in [-0.25, -0.2) is 0 Å². The van der Waals surface area contributed by atoms with E-state index >= 15 is 0 Å². The van der Waals surface area contributed by atoms with Crippen LogP contribution in [0.5, 0.6) is 0 Å². The van der Waals surface area contributed by atoms with E-state index in [1.54, 1.807) is 5.56 Å². The van der Waals surface area contributed by atoms with Gasteiger partial charge >= 0.3 is 0 Å². The van der Waals surface area contributed by atoms with Gasteiger partial charge in [-0.1, -0.05) is 19.9 Å². The Morgan fingerprint density at radius 1 is 1.21 bits per heavy atom. The largest absolute Gasteiger partial charge is 0.358 e. The van der Waals surface area contributed by atoms with Crippen LogP contribution in [0.2, 0.25) is 0 Å². The summed E-state index contributed by atoms with van der Waals surface area (Å²) in [6, 6.07) is 6.91. The molecule has 19 heavy (non-hydrogen) atoms. The maximum atomic E-state index is 5.75. The van der Waals surface area contributed by atoms with Crippen LogP contribution in [0.25, 0.3) is 10.9 Å². The second-order valence-corrected chi connectivity index (χ2v) is 6.47. The van der Waals surface area contributed by atoms with Gasteiger partial charge < -0.3 is 10.7 Å². The summed E-state index contributed by atoms with van der Waals surface area (Å²) in [6.07, 6.45) is 6.13. The van der Waals surface area contributed by atoms with Crippen LogP contribution < -0.4 is 5.73 Å². The molecule has 1 aliphatic rings. The Labute approximate surface area is 115 Å². The number of hydrogen-bond acceptors (Lipinski definition) is 1. The van der Waals surface area contributed by atoms with Crippen molar-refractivity contribution >= 4 is 10.9 Å². The summed E-state index contributed by atoms with van der Waals surface area (Å²) >= 11 is 0.